The van der Waals surface area contributed by atoms with Crippen molar-refractivity contribution in [3.63, 3.8) is 0 Å². The lowest BCUT2D eigenvalue weighted by molar-refractivity contribution is -0.130. The zero-order valence-corrected chi connectivity index (χ0v) is 15.9. The Hall–Kier alpha value is -1.11. The molecule has 0 spiro atoms. The predicted molar refractivity (Wildman–Crippen MR) is 99.4 cm³/mol. The fraction of sp³-hybridized carbons (Fsp3) is 0.529. The van der Waals surface area contributed by atoms with E-state index >= 15 is 0 Å². The molecular formula is C17H23BrClN3O2. The summed E-state index contributed by atoms with van der Waals surface area (Å²) in [7, 11) is 0. The third-order valence-corrected chi connectivity index (χ3v) is 5.35. The van der Waals surface area contributed by atoms with E-state index in [1.165, 1.54) is 0 Å². The highest BCUT2D eigenvalue weighted by Crippen LogP contribution is 2.26. The summed E-state index contributed by atoms with van der Waals surface area (Å²) in [6.45, 7) is 3.82. The van der Waals surface area contributed by atoms with Crippen molar-refractivity contribution in [2.45, 2.75) is 12.8 Å². The number of nitrogens with zero attached hydrogens (tertiary/aromatic N) is 1. The van der Waals surface area contributed by atoms with E-state index in [-0.39, 0.29) is 30.8 Å². The number of benzene rings is 1. The molecular weight excluding hydrogens is 394 g/mol. The number of halogens is 2. The first-order valence-corrected chi connectivity index (χ1v) is 8.95. The second-order valence-electron chi connectivity index (χ2n) is 6.33. The van der Waals surface area contributed by atoms with Crippen LogP contribution in [0.1, 0.15) is 23.2 Å². The summed E-state index contributed by atoms with van der Waals surface area (Å²) in [4.78, 5) is 26.4. The minimum absolute atomic E-state index is 0. The van der Waals surface area contributed by atoms with E-state index in [0.29, 0.717) is 17.4 Å². The molecule has 0 unspecified atom stereocenters. The monoisotopic (exact) mass is 415 g/mol. The molecule has 1 aromatic rings. The number of hydrogen-bond donors (Lipinski definition) is 2. The minimum Gasteiger partial charge on any atom is -0.343 e. The normalized spacial score (nSPS) is 23.0. The Labute approximate surface area is 157 Å². The fourth-order valence-electron chi connectivity index (χ4n) is 3.47. The van der Waals surface area contributed by atoms with Crippen LogP contribution in [0, 0.1) is 11.8 Å². The number of likely N-dealkylation sites (tertiary alicyclic amines) is 1. The molecule has 0 aromatic heterocycles. The van der Waals surface area contributed by atoms with Gasteiger partial charge >= 0.3 is 0 Å². The molecule has 7 heteroatoms. The van der Waals surface area contributed by atoms with Crippen LogP contribution < -0.4 is 10.6 Å². The molecule has 2 fully saturated rings. The number of amides is 2. The molecule has 0 aliphatic carbocycles. The summed E-state index contributed by atoms with van der Waals surface area (Å²) in [5, 5.41) is 6.17. The van der Waals surface area contributed by atoms with Crippen LogP contribution >= 0.6 is 28.3 Å². The second-order valence-corrected chi connectivity index (χ2v) is 7.25. The zero-order chi connectivity index (χ0) is 16.2. The van der Waals surface area contributed by atoms with Crippen LogP contribution in [-0.2, 0) is 4.79 Å². The first-order valence-electron chi connectivity index (χ1n) is 8.16. The van der Waals surface area contributed by atoms with Crippen LogP contribution in [0.4, 0.5) is 0 Å². The Morgan fingerprint density at radius 3 is 2.50 bits per heavy atom. The van der Waals surface area contributed by atoms with Gasteiger partial charge in [-0.1, -0.05) is 22.0 Å². The molecule has 132 valence electrons. The van der Waals surface area contributed by atoms with Crippen LogP contribution in [0.25, 0.3) is 0 Å². The van der Waals surface area contributed by atoms with E-state index < -0.39 is 0 Å². The Balaban J connectivity index is 0.00000208. The smallest absolute Gasteiger partial charge is 0.251 e. The SMILES string of the molecule is Cl.O=C(NCC(=O)N1CC[C@@H]2CNC[C@@H]2CC1)c1cccc(Br)c1. The molecule has 1 aromatic carbocycles. The maximum Gasteiger partial charge on any atom is 0.251 e. The molecule has 0 radical (unpaired) electrons. The Morgan fingerprint density at radius 1 is 1.21 bits per heavy atom. The molecule has 2 aliphatic heterocycles. The molecule has 2 amide bonds. The largest absolute Gasteiger partial charge is 0.343 e. The highest BCUT2D eigenvalue weighted by Gasteiger charge is 2.31. The second kappa shape index (κ2) is 8.83. The van der Waals surface area contributed by atoms with Crippen molar-refractivity contribution in [3.8, 4) is 0 Å². The van der Waals surface area contributed by atoms with E-state index in [0.717, 1.165) is 43.5 Å². The summed E-state index contributed by atoms with van der Waals surface area (Å²) in [5.41, 5.74) is 0.559. The maximum absolute atomic E-state index is 12.4. The summed E-state index contributed by atoms with van der Waals surface area (Å²) in [6, 6.07) is 7.16. The van der Waals surface area contributed by atoms with Crippen molar-refractivity contribution in [2.24, 2.45) is 11.8 Å². The van der Waals surface area contributed by atoms with Gasteiger partial charge in [0, 0.05) is 23.1 Å². The third-order valence-electron chi connectivity index (χ3n) is 4.86. The summed E-state index contributed by atoms with van der Waals surface area (Å²) in [6.07, 6.45) is 2.12. The number of nitrogens with one attached hydrogen (secondary N) is 2. The van der Waals surface area contributed by atoms with Crippen LogP contribution in [0.5, 0.6) is 0 Å². The van der Waals surface area contributed by atoms with Crippen molar-refractivity contribution in [1.29, 1.82) is 0 Å². The van der Waals surface area contributed by atoms with Gasteiger partial charge in [0.15, 0.2) is 0 Å². The maximum atomic E-state index is 12.4. The number of hydrogen-bond acceptors (Lipinski definition) is 3. The summed E-state index contributed by atoms with van der Waals surface area (Å²) >= 11 is 3.34. The number of fused-ring (bicyclic) bond motifs is 1. The molecule has 2 heterocycles. The lowest BCUT2D eigenvalue weighted by Crippen LogP contribution is -2.41. The Bertz CT molecular complexity index is 585. The molecule has 2 N–H and O–H groups in total. The molecule has 5 nitrogen and oxygen atoms in total. The van der Waals surface area contributed by atoms with Gasteiger partial charge in [0.1, 0.15) is 0 Å². The van der Waals surface area contributed by atoms with E-state index in [1.54, 1.807) is 12.1 Å². The highest BCUT2D eigenvalue weighted by atomic mass is 79.9. The Kier molecular flexibility index (Phi) is 7.07. The summed E-state index contributed by atoms with van der Waals surface area (Å²) in [5.74, 6) is 1.20. The van der Waals surface area contributed by atoms with Gasteiger partial charge < -0.3 is 15.5 Å². The van der Waals surface area contributed by atoms with Crippen LogP contribution in [0.3, 0.4) is 0 Å². The molecule has 2 atom stereocenters. The van der Waals surface area contributed by atoms with E-state index in [9.17, 15) is 9.59 Å². The third kappa shape index (κ3) is 4.71. The Morgan fingerprint density at radius 2 is 1.88 bits per heavy atom. The van der Waals surface area contributed by atoms with Gasteiger partial charge in [-0.3, -0.25) is 9.59 Å². The molecule has 2 aliphatic rings. The standard InChI is InChI=1S/C17H22BrN3O2.ClH/c18-15-3-1-2-12(8-15)17(23)20-11-16(22)21-6-4-13-9-19-10-14(13)5-7-21;/h1-3,8,13-14,19H,4-7,9-11H2,(H,20,23);1H/t13-,14+;. The molecule has 0 bridgehead atoms. The van der Waals surface area contributed by atoms with Gasteiger partial charge in [-0.15, -0.1) is 12.4 Å². The van der Waals surface area contributed by atoms with Gasteiger partial charge in [-0.2, -0.15) is 0 Å². The first kappa shape index (κ1) is 19.2. The topological polar surface area (TPSA) is 61.4 Å². The summed E-state index contributed by atoms with van der Waals surface area (Å²) < 4.78 is 0.851. The van der Waals surface area contributed by atoms with Gasteiger partial charge in [-0.25, -0.2) is 0 Å². The number of carbonyl (C=O) groups excluding carboxylic acids is 2. The van der Waals surface area contributed by atoms with Crippen molar-refractivity contribution in [2.75, 3.05) is 32.7 Å². The minimum atomic E-state index is -0.212. The molecule has 3 rings (SSSR count). The highest BCUT2D eigenvalue weighted by molar-refractivity contribution is 9.10. The fourth-order valence-corrected chi connectivity index (χ4v) is 3.87. The van der Waals surface area contributed by atoms with Crippen molar-refractivity contribution in [1.82, 2.24) is 15.5 Å². The predicted octanol–water partition coefficient (Wildman–Crippen LogP) is 2.06. The zero-order valence-electron chi connectivity index (χ0n) is 13.5. The molecule has 24 heavy (non-hydrogen) atoms. The van der Waals surface area contributed by atoms with Crippen molar-refractivity contribution in [3.05, 3.63) is 34.3 Å². The van der Waals surface area contributed by atoms with Crippen LogP contribution in [0.15, 0.2) is 28.7 Å². The average Bonchev–Trinajstić information content (AvgIpc) is 2.90. The lowest BCUT2D eigenvalue weighted by Gasteiger charge is -2.21. The van der Waals surface area contributed by atoms with Crippen molar-refractivity contribution >= 4 is 40.2 Å². The van der Waals surface area contributed by atoms with Crippen molar-refractivity contribution < 1.29 is 9.59 Å². The average molecular weight is 417 g/mol. The van der Waals surface area contributed by atoms with Gasteiger partial charge in [0.25, 0.3) is 5.91 Å². The van der Waals surface area contributed by atoms with E-state index in [4.69, 9.17) is 0 Å². The quantitative estimate of drug-likeness (QED) is 0.793. The van der Waals surface area contributed by atoms with Gasteiger partial charge in [-0.05, 0) is 56.0 Å². The van der Waals surface area contributed by atoms with E-state index in [1.807, 2.05) is 17.0 Å². The number of rotatable bonds is 3. The number of carbonyl (C=O) groups is 2. The molecule has 0 saturated carbocycles. The van der Waals surface area contributed by atoms with Crippen LogP contribution in [0.2, 0.25) is 0 Å². The van der Waals surface area contributed by atoms with Gasteiger partial charge in [0.05, 0.1) is 6.54 Å². The molecule has 2 saturated heterocycles. The van der Waals surface area contributed by atoms with E-state index in [2.05, 4.69) is 26.6 Å². The first-order chi connectivity index (χ1) is 11.1. The van der Waals surface area contributed by atoms with Gasteiger partial charge in [0.2, 0.25) is 5.91 Å². The lowest BCUT2D eigenvalue weighted by atomic mass is 9.92. The van der Waals surface area contributed by atoms with Crippen LogP contribution in [-0.4, -0.2) is 49.4 Å².